The number of methoxy groups -OCH3 is 1. The molecule has 7 nitrogen and oxygen atoms in total. The quantitative estimate of drug-likeness (QED) is 0.606. The van der Waals surface area contributed by atoms with Crippen LogP contribution in [-0.2, 0) is 20.8 Å². The first-order valence-corrected chi connectivity index (χ1v) is 11.2. The molecular formula is C26H31N3O4. The van der Waals surface area contributed by atoms with Crippen molar-refractivity contribution < 1.29 is 19.1 Å². The summed E-state index contributed by atoms with van der Waals surface area (Å²) in [6.07, 6.45) is 4.64. The third-order valence-corrected chi connectivity index (χ3v) is 5.75. The first-order chi connectivity index (χ1) is 16.0. The molecule has 1 atom stereocenters. The molecule has 0 saturated carbocycles. The van der Waals surface area contributed by atoms with Gasteiger partial charge in [0.05, 0.1) is 7.11 Å². The zero-order valence-corrected chi connectivity index (χ0v) is 19.1. The molecule has 0 aliphatic carbocycles. The van der Waals surface area contributed by atoms with Crippen LogP contribution in [-0.4, -0.2) is 48.9 Å². The molecule has 0 spiro atoms. The highest BCUT2D eigenvalue weighted by atomic mass is 16.5. The van der Waals surface area contributed by atoms with Gasteiger partial charge < -0.3 is 20.3 Å². The minimum Gasteiger partial charge on any atom is -0.497 e. The maximum absolute atomic E-state index is 13.2. The maximum Gasteiger partial charge on any atom is 0.245 e. The van der Waals surface area contributed by atoms with Gasteiger partial charge >= 0.3 is 0 Å². The number of allylic oxidation sites excluding steroid dienone is 1. The zero-order chi connectivity index (χ0) is 23.6. The Balaban J connectivity index is 1.58. The molecule has 3 amide bonds. The lowest BCUT2D eigenvalue weighted by molar-refractivity contribution is -0.138. The monoisotopic (exact) mass is 449 g/mol. The number of amides is 3. The molecule has 2 aromatic rings. The van der Waals surface area contributed by atoms with Crippen molar-refractivity contribution in [1.82, 2.24) is 10.2 Å². The number of piperidine rings is 1. The highest BCUT2D eigenvalue weighted by Crippen LogP contribution is 2.22. The molecule has 1 saturated heterocycles. The summed E-state index contributed by atoms with van der Waals surface area (Å²) in [5, 5.41) is 5.77. The molecule has 0 unspecified atom stereocenters. The molecule has 0 radical (unpaired) electrons. The Labute approximate surface area is 194 Å². The lowest BCUT2D eigenvalue weighted by Gasteiger charge is -2.34. The van der Waals surface area contributed by atoms with Gasteiger partial charge in [-0.3, -0.25) is 14.4 Å². The fourth-order valence-electron chi connectivity index (χ4n) is 3.92. The van der Waals surface area contributed by atoms with E-state index < -0.39 is 6.04 Å². The second kappa shape index (κ2) is 11.9. The van der Waals surface area contributed by atoms with E-state index in [0.717, 1.165) is 11.3 Å². The summed E-state index contributed by atoms with van der Waals surface area (Å²) >= 11 is 0. The van der Waals surface area contributed by atoms with Crippen LogP contribution in [0.1, 0.15) is 25.3 Å². The van der Waals surface area contributed by atoms with Crippen molar-refractivity contribution in [2.75, 3.05) is 25.5 Å². The largest absolute Gasteiger partial charge is 0.497 e. The number of carbonyl (C=O) groups excluding carboxylic acids is 3. The van der Waals surface area contributed by atoms with Crippen LogP contribution in [0.3, 0.4) is 0 Å². The summed E-state index contributed by atoms with van der Waals surface area (Å²) < 4.78 is 5.14. The molecule has 3 rings (SSSR count). The van der Waals surface area contributed by atoms with E-state index in [1.54, 1.807) is 49.3 Å². The fourth-order valence-corrected chi connectivity index (χ4v) is 3.92. The minimum atomic E-state index is -0.652. The van der Waals surface area contributed by atoms with Crippen LogP contribution in [0.25, 0.3) is 0 Å². The standard InChI is InChI=1S/C26H31N3O4/c1-3-7-24(30)28-23(18-19-8-5-4-6-9-19)26(32)29-16-14-20(15-17-29)25(31)27-21-10-12-22(33-2)13-11-21/h3-13,20,23H,14-18H2,1-2H3,(H,27,31)(H,28,30)/b7-3+/t23-/m1/s1. The van der Waals surface area contributed by atoms with E-state index in [0.29, 0.717) is 38.0 Å². The van der Waals surface area contributed by atoms with E-state index in [1.807, 2.05) is 30.3 Å². The third-order valence-electron chi connectivity index (χ3n) is 5.75. The topological polar surface area (TPSA) is 87.7 Å². The second-order valence-corrected chi connectivity index (χ2v) is 8.07. The Kier molecular flexibility index (Phi) is 8.63. The number of hydrogen-bond donors (Lipinski definition) is 2. The van der Waals surface area contributed by atoms with E-state index in [1.165, 1.54) is 6.08 Å². The fraction of sp³-hybridized carbons (Fsp3) is 0.346. The number of likely N-dealkylation sites (tertiary alicyclic amines) is 1. The second-order valence-electron chi connectivity index (χ2n) is 8.07. The van der Waals surface area contributed by atoms with E-state index in [-0.39, 0.29) is 23.6 Å². The van der Waals surface area contributed by atoms with Crippen LogP contribution in [0.4, 0.5) is 5.69 Å². The Bertz CT molecular complexity index is 965. The lowest BCUT2D eigenvalue weighted by Crippen LogP contribution is -2.52. The van der Waals surface area contributed by atoms with Gasteiger partial charge in [0.25, 0.3) is 0 Å². The molecule has 1 heterocycles. The summed E-state index contributed by atoms with van der Waals surface area (Å²) in [7, 11) is 1.60. The average Bonchev–Trinajstić information content (AvgIpc) is 2.84. The van der Waals surface area contributed by atoms with Gasteiger partial charge in [-0.2, -0.15) is 0 Å². The Hall–Kier alpha value is -3.61. The van der Waals surface area contributed by atoms with Crippen molar-refractivity contribution in [3.05, 3.63) is 72.3 Å². The van der Waals surface area contributed by atoms with Crippen molar-refractivity contribution in [3.63, 3.8) is 0 Å². The molecule has 0 aromatic heterocycles. The molecule has 1 aliphatic rings. The summed E-state index contributed by atoms with van der Waals surface area (Å²) in [4.78, 5) is 39.8. The van der Waals surface area contributed by atoms with Gasteiger partial charge in [0.1, 0.15) is 11.8 Å². The Morgan fingerprint density at radius 2 is 1.73 bits per heavy atom. The molecular weight excluding hydrogens is 418 g/mol. The van der Waals surface area contributed by atoms with Crippen LogP contribution >= 0.6 is 0 Å². The smallest absolute Gasteiger partial charge is 0.245 e. The van der Waals surface area contributed by atoms with Crippen LogP contribution in [0, 0.1) is 5.92 Å². The highest BCUT2D eigenvalue weighted by Gasteiger charge is 2.31. The molecule has 1 fully saturated rings. The normalized spacial score (nSPS) is 15.2. The Morgan fingerprint density at radius 1 is 1.06 bits per heavy atom. The van der Waals surface area contributed by atoms with Gasteiger partial charge in [-0.15, -0.1) is 0 Å². The molecule has 2 N–H and O–H groups in total. The van der Waals surface area contributed by atoms with Gasteiger partial charge in [0, 0.05) is 31.1 Å². The molecule has 33 heavy (non-hydrogen) atoms. The first kappa shape index (κ1) is 24.0. The maximum atomic E-state index is 13.2. The van der Waals surface area contributed by atoms with Crippen LogP contribution in [0.2, 0.25) is 0 Å². The van der Waals surface area contributed by atoms with Crippen LogP contribution < -0.4 is 15.4 Å². The average molecular weight is 450 g/mol. The number of ether oxygens (including phenoxy) is 1. The van der Waals surface area contributed by atoms with E-state index in [9.17, 15) is 14.4 Å². The van der Waals surface area contributed by atoms with E-state index >= 15 is 0 Å². The number of benzene rings is 2. The van der Waals surface area contributed by atoms with Crippen LogP contribution in [0.15, 0.2) is 66.7 Å². The molecule has 174 valence electrons. The number of carbonyl (C=O) groups is 3. The highest BCUT2D eigenvalue weighted by molar-refractivity contribution is 5.94. The van der Waals surface area contributed by atoms with Crippen molar-refractivity contribution >= 4 is 23.4 Å². The number of nitrogens with zero attached hydrogens (tertiary/aromatic N) is 1. The minimum absolute atomic E-state index is 0.0468. The van der Waals surface area contributed by atoms with Crippen molar-refractivity contribution in [3.8, 4) is 5.75 Å². The summed E-state index contributed by atoms with van der Waals surface area (Å²) in [5.74, 6) is 0.105. The van der Waals surface area contributed by atoms with Gasteiger partial charge in [-0.05, 0) is 55.7 Å². The third kappa shape index (κ3) is 6.94. The van der Waals surface area contributed by atoms with E-state index in [4.69, 9.17) is 4.74 Å². The van der Waals surface area contributed by atoms with Crippen molar-refractivity contribution in [2.45, 2.75) is 32.2 Å². The zero-order valence-electron chi connectivity index (χ0n) is 19.1. The summed E-state index contributed by atoms with van der Waals surface area (Å²) in [6, 6.07) is 16.2. The predicted molar refractivity (Wildman–Crippen MR) is 128 cm³/mol. The van der Waals surface area contributed by atoms with Gasteiger partial charge in [0.2, 0.25) is 17.7 Å². The first-order valence-electron chi connectivity index (χ1n) is 11.2. The van der Waals surface area contributed by atoms with E-state index in [2.05, 4.69) is 10.6 Å². The molecule has 7 heteroatoms. The molecule has 0 bridgehead atoms. The SMILES string of the molecule is C/C=C/C(=O)N[C@H](Cc1ccccc1)C(=O)N1CCC(C(=O)Nc2ccc(OC)cc2)CC1. The van der Waals surface area contributed by atoms with Gasteiger partial charge in [-0.1, -0.05) is 36.4 Å². The molecule has 2 aromatic carbocycles. The van der Waals surface area contributed by atoms with Crippen LogP contribution in [0.5, 0.6) is 5.75 Å². The number of hydrogen-bond acceptors (Lipinski definition) is 4. The summed E-state index contributed by atoms with van der Waals surface area (Å²) in [5.41, 5.74) is 1.69. The summed E-state index contributed by atoms with van der Waals surface area (Å²) in [6.45, 7) is 2.71. The lowest BCUT2D eigenvalue weighted by atomic mass is 9.94. The number of rotatable bonds is 8. The number of anilines is 1. The predicted octanol–water partition coefficient (Wildman–Crippen LogP) is 3.18. The van der Waals surface area contributed by atoms with Gasteiger partial charge in [-0.25, -0.2) is 0 Å². The van der Waals surface area contributed by atoms with Crippen molar-refractivity contribution in [2.24, 2.45) is 5.92 Å². The number of nitrogens with one attached hydrogen (secondary N) is 2. The molecule has 1 aliphatic heterocycles. The van der Waals surface area contributed by atoms with Gasteiger partial charge in [0.15, 0.2) is 0 Å². The Morgan fingerprint density at radius 3 is 2.33 bits per heavy atom. The van der Waals surface area contributed by atoms with Crippen molar-refractivity contribution in [1.29, 1.82) is 0 Å².